The number of aliphatic carboxylic acids is 1. The van der Waals surface area contributed by atoms with E-state index >= 15 is 0 Å². The van der Waals surface area contributed by atoms with Crippen LogP contribution in [0.5, 0.6) is 11.5 Å². The maximum atomic E-state index is 14.1. The second-order valence-corrected chi connectivity index (χ2v) is 7.97. The molecule has 2 unspecified atom stereocenters. The minimum Gasteiger partial charge on any atom is -0.488 e. The van der Waals surface area contributed by atoms with Crippen LogP contribution in [0.4, 0.5) is 4.39 Å². The molecule has 5 nitrogen and oxygen atoms in total. The number of ether oxygens (including phenoxy) is 3. The van der Waals surface area contributed by atoms with Crippen molar-refractivity contribution in [3.05, 3.63) is 57.9 Å². The molecule has 2 atom stereocenters. The molecule has 0 bridgehead atoms. The summed E-state index contributed by atoms with van der Waals surface area (Å²) in [5.74, 6) is -0.504. The van der Waals surface area contributed by atoms with Gasteiger partial charge in [0.15, 0.2) is 0 Å². The van der Waals surface area contributed by atoms with E-state index in [-0.39, 0.29) is 12.4 Å². The average Bonchev–Trinajstić information content (AvgIpc) is 2.98. The molecule has 1 heterocycles. The van der Waals surface area contributed by atoms with Gasteiger partial charge in [-0.15, -0.1) is 0 Å². The maximum absolute atomic E-state index is 14.1. The van der Waals surface area contributed by atoms with E-state index in [1.54, 1.807) is 26.2 Å². The van der Waals surface area contributed by atoms with Gasteiger partial charge in [0, 0.05) is 24.7 Å². The van der Waals surface area contributed by atoms with Crippen LogP contribution in [0.25, 0.3) is 0 Å². The Bertz CT molecular complexity index is 939. The van der Waals surface area contributed by atoms with Crippen LogP contribution in [0, 0.1) is 19.7 Å². The zero-order valence-corrected chi connectivity index (χ0v) is 17.5. The summed E-state index contributed by atoms with van der Waals surface area (Å²) in [5, 5.41) is 9.28. The summed E-state index contributed by atoms with van der Waals surface area (Å²) < 4.78 is 31.5. The number of hydrogen-bond donors (Lipinski definition) is 1. The topological polar surface area (TPSA) is 65.0 Å². The van der Waals surface area contributed by atoms with E-state index < -0.39 is 17.5 Å². The van der Waals surface area contributed by atoms with Gasteiger partial charge in [0.25, 0.3) is 0 Å². The number of hydrogen-bond acceptors (Lipinski definition) is 4. The molecule has 3 rings (SSSR count). The Balaban J connectivity index is 1.83. The van der Waals surface area contributed by atoms with Gasteiger partial charge in [-0.2, -0.15) is 0 Å². The Morgan fingerprint density at radius 2 is 2.03 bits per heavy atom. The van der Waals surface area contributed by atoms with Crippen molar-refractivity contribution in [2.24, 2.45) is 0 Å². The normalized spacial score (nSPS) is 18.8. The van der Waals surface area contributed by atoms with Gasteiger partial charge >= 0.3 is 5.97 Å². The number of methoxy groups -OCH3 is 1. The molecule has 2 aromatic carbocycles. The lowest BCUT2D eigenvalue weighted by Gasteiger charge is -2.23. The second-order valence-electron chi connectivity index (χ2n) is 7.97. The minimum atomic E-state index is -0.868. The molecule has 29 heavy (non-hydrogen) atoms. The number of carboxylic acid groups (broad SMARTS) is 1. The number of halogens is 1. The first-order chi connectivity index (χ1) is 13.6. The fraction of sp³-hybridized carbons (Fsp3) is 0.435. The molecule has 0 aliphatic carbocycles. The smallest absolute Gasteiger partial charge is 0.310 e. The van der Waals surface area contributed by atoms with Gasteiger partial charge in [0.05, 0.1) is 12.5 Å². The number of carboxylic acids is 1. The third-order valence-corrected chi connectivity index (χ3v) is 5.57. The van der Waals surface area contributed by atoms with E-state index in [0.29, 0.717) is 30.1 Å². The molecule has 0 aromatic heterocycles. The standard InChI is InChI=1S/C23H27FO5/c1-13-14(2)20(7-6-19(13)15(3)22(25)26)28-11-17-9-18(24)8-16-10-23(4,12-27-5)29-21(16)17/h6-9,15H,10-12H2,1-5H3,(H,25,26). The van der Waals surface area contributed by atoms with Gasteiger partial charge < -0.3 is 19.3 Å². The van der Waals surface area contributed by atoms with Crippen molar-refractivity contribution < 1.29 is 28.5 Å². The van der Waals surface area contributed by atoms with Crippen LogP contribution in [0.3, 0.4) is 0 Å². The molecule has 1 aliphatic rings. The molecular formula is C23H27FO5. The predicted octanol–water partition coefficient (Wildman–Crippen LogP) is 4.55. The molecule has 0 saturated heterocycles. The SMILES string of the molecule is COCC1(C)Cc2cc(F)cc(COc3ccc(C(C)C(=O)O)c(C)c3C)c2O1. The van der Waals surface area contributed by atoms with Gasteiger partial charge in [-0.05, 0) is 62.6 Å². The van der Waals surface area contributed by atoms with Crippen LogP contribution in [0.1, 0.15) is 47.6 Å². The Labute approximate surface area is 170 Å². The van der Waals surface area contributed by atoms with Crippen molar-refractivity contribution in [1.82, 2.24) is 0 Å². The maximum Gasteiger partial charge on any atom is 0.310 e. The minimum absolute atomic E-state index is 0.150. The summed E-state index contributed by atoms with van der Waals surface area (Å²) in [7, 11) is 1.61. The molecule has 0 fully saturated rings. The van der Waals surface area contributed by atoms with Crippen LogP contribution < -0.4 is 9.47 Å². The van der Waals surface area contributed by atoms with Gasteiger partial charge in [-0.1, -0.05) is 6.07 Å². The first-order valence-electron chi connectivity index (χ1n) is 9.60. The van der Waals surface area contributed by atoms with E-state index in [0.717, 1.165) is 22.3 Å². The van der Waals surface area contributed by atoms with Crippen molar-refractivity contribution in [3.63, 3.8) is 0 Å². The van der Waals surface area contributed by atoms with Crippen LogP contribution in [0.15, 0.2) is 24.3 Å². The molecule has 0 saturated carbocycles. The molecule has 1 aliphatic heterocycles. The average molecular weight is 402 g/mol. The van der Waals surface area contributed by atoms with Crippen LogP contribution in [-0.2, 0) is 22.6 Å². The molecule has 2 aromatic rings. The summed E-state index contributed by atoms with van der Waals surface area (Å²) in [6.45, 7) is 7.94. The Morgan fingerprint density at radius 3 is 2.69 bits per heavy atom. The van der Waals surface area contributed by atoms with Gasteiger partial charge in [0.2, 0.25) is 0 Å². The Kier molecular flexibility index (Phi) is 5.85. The molecule has 1 N–H and O–H groups in total. The molecule has 0 amide bonds. The van der Waals surface area contributed by atoms with Crippen molar-refractivity contribution in [2.75, 3.05) is 13.7 Å². The molecule has 0 radical (unpaired) electrons. The fourth-order valence-electron chi connectivity index (χ4n) is 3.88. The highest BCUT2D eigenvalue weighted by Crippen LogP contribution is 2.39. The van der Waals surface area contributed by atoms with E-state index in [9.17, 15) is 14.3 Å². The van der Waals surface area contributed by atoms with E-state index in [1.807, 2.05) is 20.8 Å². The summed E-state index contributed by atoms with van der Waals surface area (Å²) in [5.41, 5.74) is 3.43. The molecule has 156 valence electrons. The largest absolute Gasteiger partial charge is 0.488 e. The van der Waals surface area contributed by atoms with Crippen molar-refractivity contribution in [2.45, 2.75) is 52.2 Å². The van der Waals surface area contributed by atoms with Gasteiger partial charge in [0.1, 0.15) is 29.5 Å². The van der Waals surface area contributed by atoms with Crippen molar-refractivity contribution in [1.29, 1.82) is 0 Å². The summed E-state index contributed by atoms with van der Waals surface area (Å²) >= 11 is 0. The highest BCUT2D eigenvalue weighted by Gasteiger charge is 2.37. The number of fused-ring (bicyclic) bond motifs is 1. The van der Waals surface area contributed by atoms with Crippen molar-refractivity contribution >= 4 is 5.97 Å². The third kappa shape index (κ3) is 4.22. The monoisotopic (exact) mass is 402 g/mol. The molecule has 6 heteroatoms. The zero-order valence-electron chi connectivity index (χ0n) is 17.5. The lowest BCUT2D eigenvalue weighted by molar-refractivity contribution is -0.138. The fourth-order valence-corrected chi connectivity index (χ4v) is 3.88. The van der Waals surface area contributed by atoms with E-state index in [4.69, 9.17) is 14.2 Å². The molecule has 0 spiro atoms. The number of benzene rings is 2. The molecular weight excluding hydrogens is 375 g/mol. The second kappa shape index (κ2) is 8.03. The Hall–Kier alpha value is -2.60. The number of rotatable bonds is 7. The number of carbonyl (C=O) groups is 1. The lowest BCUT2D eigenvalue weighted by atomic mass is 9.93. The van der Waals surface area contributed by atoms with E-state index in [1.165, 1.54) is 12.1 Å². The Morgan fingerprint density at radius 1 is 1.31 bits per heavy atom. The zero-order chi connectivity index (χ0) is 21.3. The summed E-state index contributed by atoms with van der Waals surface area (Å²) in [4.78, 5) is 11.3. The lowest BCUT2D eigenvalue weighted by Crippen LogP contribution is -2.35. The van der Waals surface area contributed by atoms with Crippen LogP contribution in [-0.4, -0.2) is 30.4 Å². The van der Waals surface area contributed by atoms with Gasteiger partial charge in [-0.3, -0.25) is 4.79 Å². The summed E-state index contributed by atoms with van der Waals surface area (Å²) in [6, 6.07) is 6.48. The van der Waals surface area contributed by atoms with Gasteiger partial charge in [-0.25, -0.2) is 4.39 Å². The highest BCUT2D eigenvalue weighted by atomic mass is 19.1. The highest BCUT2D eigenvalue weighted by molar-refractivity contribution is 5.76. The predicted molar refractivity (Wildman–Crippen MR) is 107 cm³/mol. The van der Waals surface area contributed by atoms with E-state index in [2.05, 4.69) is 0 Å². The quantitative estimate of drug-likeness (QED) is 0.736. The first kappa shape index (κ1) is 21.1. The van der Waals surface area contributed by atoms with Crippen LogP contribution >= 0.6 is 0 Å². The van der Waals surface area contributed by atoms with Crippen LogP contribution in [0.2, 0.25) is 0 Å². The summed E-state index contributed by atoms with van der Waals surface area (Å²) in [6.07, 6.45) is 0.570. The third-order valence-electron chi connectivity index (χ3n) is 5.57. The van der Waals surface area contributed by atoms with Crippen molar-refractivity contribution in [3.8, 4) is 11.5 Å². The first-order valence-corrected chi connectivity index (χ1v) is 9.60.